The maximum absolute atomic E-state index is 12.1. The number of rotatable bonds is 2. The maximum Gasteiger partial charge on any atom is 0.252 e. The van der Waals surface area contributed by atoms with Crippen molar-refractivity contribution in [2.45, 2.75) is 38.1 Å². The molecule has 0 aliphatic heterocycles. The van der Waals surface area contributed by atoms with Gasteiger partial charge in [0.05, 0.1) is 4.90 Å². The van der Waals surface area contributed by atoms with E-state index in [0.717, 1.165) is 0 Å². The van der Waals surface area contributed by atoms with E-state index in [9.17, 15) is 13.2 Å². The number of halogens is 1. The van der Waals surface area contributed by atoms with Crippen molar-refractivity contribution >= 4 is 27.5 Å². The van der Waals surface area contributed by atoms with E-state index in [4.69, 9.17) is 16.7 Å². The molecule has 1 amide bonds. The summed E-state index contributed by atoms with van der Waals surface area (Å²) in [4.78, 5) is 11.9. The number of carbonyl (C=O) groups is 1. The van der Waals surface area contributed by atoms with Crippen LogP contribution in [-0.2, 0) is 10.0 Å². The second kappa shape index (κ2) is 5.11. The molecule has 0 fully saturated rings. The normalized spacial score (nSPS) is 12.3. The first-order valence-electron chi connectivity index (χ1n) is 5.57. The van der Waals surface area contributed by atoms with Crippen molar-refractivity contribution < 1.29 is 13.2 Å². The smallest absolute Gasteiger partial charge is 0.252 e. The molecule has 0 unspecified atom stereocenters. The van der Waals surface area contributed by atoms with Crippen molar-refractivity contribution in [1.82, 2.24) is 5.32 Å². The topological polar surface area (TPSA) is 89.3 Å². The van der Waals surface area contributed by atoms with Crippen LogP contribution in [0.2, 0.25) is 5.02 Å². The van der Waals surface area contributed by atoms with Crippen LogP contribution in [0.25, 0.3) is 0 Å². The minimum absolute atomic E-state index is 0.179. The lowest BCUT2D eigenvalue weighted by molar-refractivity contribution is 0.0918. The van der Waals surface area contributed by atoms with Gasteiger partial charge in [0.2, 0.25) is 10.0 Å². The second-order valence-corrected chi connectivity index (χ2v) is 7.30. The predicted octanol–water partition coefficient (Wildman–Crippen LogP) is 1.82. The molecule has 1 aromatic rings. The Hall–Kier alpha value is -1.11. The van der Waals surface area contributed by atoms with Gasteiger partial charge >= 0.3 is 0 Å². The number of benzene rings is 1. The molecule has 0 saturated heterocycles. The van der Waals surface area contributed by atoms with E-state index in [1.807, 2.05) is 20.8 Å². The highest BCUT2D eigenvalue weighted by molar-refractivity contribution is 7.89. The molecule has 19 heavy (non-hydrogen) atoms. The monoisotopic (exact) mass is 304 g/mol. The van der Waals surface area contributed by atoms with Crippen molar-refractivity contribution in [3.8, 4) is 0 Å². The molecule has 0 aliphatic rings. The molecule has 0 aliphatic carbocycles. The van der Waals surface area contributed by atoms with Crippen LogP contribution in [0.1, 0.15) is 36.7 Å². The molecule has 3 N–H and O–H groups in total. The van der Waals surface area contributed by atoms with E-state index >= 15 is 0 Å². The summed E-state index contributed by atoms with van der Waals surface area (Å²) in [5.41, 5.74) is 0.274. The first-order chi connectivity index (χ1) is 8.42. The third kappa shape index (κ3) is 4.19. The molecule has 1 rings (SSSR count). The minimum atomic E-state index is -3.91. The second-order valence-electron chi connectivity index (χ2n) is 5.33. The molecule has 106 valence electrons. The maximum atomic E-state index is 12.1. The van der Waals surface area contributed by atoms with E-state index in [1.165, 1.54) is 12.1 Å². The molecular weight excluding hydrogens is 288 g/mol. The summed E-state index contributed by atoms with van der Waals surface area (Å²) in [6, 6.07) is 2.47. The lowest BCUT2D eigenvalue weighted by atomic mass is 10.0. The molecule has 0 spiro atoms. The van der Waals surface area contributed by atoms with Crippen LogP contribution in [0.3, 0.4) is 0 Å². The summed E-state index contributed by atoms with van der Waals surface area (Å²) in [5, 5.41) is 7.99. The first kappa shape index (κ1) is 15.9. The van der Waals surface area contributed by atoms with Crippen LogP contribution in [0, 0.1) is 6.92 Å². The summed E-state index contributed by atoms with van der Waals surface area (Å²) in [6.45, 7) is 7.12. The van der Waals surface area contributed by atoms with Crippen LogP contribution in [0.4, 0.5) is 0 Å². The summed E-state index contributed by atoms with van der Waals surface area (Å²) >= 11 is 5.94. The zero-order chi connectivity index (χ0) is 15.0. The fourth-order valence-corrected chi connectivity index (χ4v) is 2.31. The lowest BCUT2D eigenvalue weighted by Gasteiger charge is -2.21. The Morgan fingerprint density at radius 3 is 2.26 bits per heavy atom. The van der Waals surface area contributed by atoms with E-state index in [1.54, 1.807) is 6.92 Å². The molecule has 7 heteroatoms. The summed E-state index contributed by atoms with van der Waals surface area (Å²) in [6.07, 6.45) is 0. The Morgan fingerprint density at radius 1 is 1.32 bits per heavy atom. The highest BCUT2D eigenvalue weighted by Crippen LogP contribution is 2.24. The lowest BCUT2D eigenvalue weighted by Crippen LogP contribution is -2.41. The number of sulfonamides is 1. The summed E-state index contributed by atoms with van der Waals surface area (Å²) in [5.74, 6) is -0.391. The van der Waals surface area contributed by atoms with Gasteiger partial charge in [0.15, 0.2) is 0 Å². The average molecular weight is 305 g/mol. The van der Waals surface area contributed by atoms with Gasteiger partial charge in [-0.25, -0.2) is 13.6 Å². The van der Waals surface area contributed by atoms with E-state index in [-0.39, 0.29) is 15.5 Å². The van der Waals surface area contributed by atoms with Gasteiger partial charge in [-0.2, -0.15) is 0 Å². The van der Waals surface area contributed by atoms with Gasteiger partial charge in [0.1, 0.15) is 0 Å². The van der Waals surface area contributed by atoms with Gasteiger partial charge in [-0.1, -0.05) is 11.6 Å². The standard InChI is InChI=1S/C12H17ClN2O3S/c1-7-9(11(16)15-12(2,3)4)5-8(6-10(7)13)19(14,17)18/h5-6H,1-4H3,(H,15,16)(H2,14,17,18). The number of amides is 1. The predicted molar refractivity (Wildman–Crippen MR) is 74.8 cm³/mol. The van der Waals surface area contributed by atoms with Gasteiger partial charge in [-0.05, 0) is 45.4 Å². The van der Waals surface area contributed by atoms with Gasteiger partial charge < -0.3 is 5.32 Å². The number of nitrogens with one attached hydrogen (secondary N) is 1. The highest BCUT2D eigenvalue weighted by Gasteiger charge is 2.21. The summed E-state index contributed by atoms with van der Waals surface area (Å²) in [7, 11) is -3.91. The molecule has 0 heterocycles. The number of hydrogen-bond acceptors (Lipinski definition) is 3. The SMILES string of the molecule is Cc1c(Cl)cc(S(N)(=O)=O)cc1C(=O)NC(C)(C)C. The number of hydrogen-bond donors (Lipinski definition) is 2. The van der Waals surface area contributed by atoms with Crippen LogP contribution >= 0.6 is 11.6 Å². The first-order valence-corrected chi connectivity index (χ1v) is 7.50. The van der Waals surface area contributed by atoms with Gasteiger partial charge in [-0.3, -0.25) is 4.79 Å². The molecule has 5 nitrogen and oxygen atoms in total. The quantitative estimate of drug-likeness (QED) is 0.873. The Morgan fingerprint density at radius 2 is 1.84 bits per heavy atom. The largest absolute Gasteiger partial charge is 0.347 e. The van der Waals surface area contributed by atoms with Gasteiger partial charge in [0.25, 0.3) is 5.91 Å². The van der Waals surface area contributed by atoms with Crippen molar-refractivity contribution in [3.05, 3.63) is 28.3 Å². The zero-order valence-corrected chi connectivity index (χ0v) is 12.8. The molecule has 0 saturated carbocycles. The third-order valence-electron chi connectivity index (χ3n) is 2.38. The number of primary sulfonamides is 1. The van der Waals surface area contributed by atoms with Crippen molar-refractivity contribution in [3.63, 3.8) is 0 Å². The molecule has 0 radical (unpaired) electrons. The van der Waals surface area contributed by atoms with Crippen LogP contribution in [0.15, 0.2) is 17.0 Å². The van der Waals surface area contributed by atoms with Crippen molar-refractivity contribution in [2.24, 2.45) is 5.14 Å². The van der Waals surface area contributed by atoms with Gasteiger partial charge in [0, 0.05) is 16.1 Å². The molecule has 0 aromatic heterocycles. The van der Waals surface area contributed by atoms with Crippen LogP contribution in [-0.4, -0.2) is 19.9 Å². The zero-order valence-electron chi connectivity index (χ0n) is 11.2. The van der Waals surface area contributed by atoms with Gasteiger partial charge in [-0.15, -0.1) is 0 Å². The molecular formula is C12H17ClN2O3S. The summed E-state index contributed by atoms with van der Waals surface area (Å²) < 4.78 is 22.7. The van der Waals surface area contributed by atoms with E-state index in [0.29, 0.717) is 5.56 Å². The van der Waals surface area contributed by atoms with Crippen LogP contribution < -0.4 is 10.5 Å². The van der Waals surface area contributed by atoms with E-state index < -0.39 is 21.5 Å². The van der Waals surface area contributed by atoms with Crippen molar-refractivity contribution in [1.29, 1.82) is 0 Å². The molecule has 1 aromatic carbocycles. The molecule has 0 bridgehead atoms. The minimum Gasteiger partial charge on any atom is -0.347 e. The van der Waals surface area contributed by atoms with Crippen LogP contribution in [0.5, 0.6) is 0 Å². The molecule has 0 atom stereocenters. The third-order valence-corrected chi connectivity index (χ3v) is 3.66. The Kier molecular flexibility index (Phi) is 4.29. The number of nitrogens with two attached hydrogens (primary N) is 1. The fraction of sp³-hybridized carbons (Fsp3) is 0.417. The Labute approximate surface area is 118 Å². The Balaban J connectivity index is 3.36. The van der Waals surface area contributed by atoms with Crippen molar-refractivity contribution in [2.75, 3.05) is 0 Å². The fourth-order valence-electron chi connectivity index (χ4n) is 1.46. The average Bonchev–Trinajstić information content (AvgIpc) is 2.17. The van der Waals surface area contributed by atoms with E-state index in [2.05, 4.69) is 5.32 Å². The Bertz CT molecular complexity index is 619. The number of carbonyl (C=O) groups excluding carboxylic acids is 1. The highest BCUT2D eigenvalue weighted by atomic mass is 35.5.